The van der Waals surface area contributed by atoms with Crippen LogP contribution in [0.15, 0.2) is 24.3 Å². The van der Waals surface area contributed by atoms with Gasteiger partial charge in [-0.05, 0) is 31.9 Å². The summed E-state index contributed by atoms with van der Waals surface area (Å²) in [6.45, 7) is 1.13. The minimum atomic E-state index is -3.63. The summed E-state index contributed by atoms with van der Waals surface area (Å²) in [5.41, 5.74) is 0.731. The Hall–Kier alpha value is -1.89. The van der Waals surface area contributed by atoms with E-state index in [0.29, 0.717) is 11.3 Å². The summed E-state index contributed by atoms with van der Waals surface area (Å²) < 4.78 is 25.1. The third-order valence-electron chi connectivity index (χ3n) is 3.95. The normalized spacial score (nSPS) is 15.4. The molecule has 0 radical (unpaired) electrons. The van der Waals surface area contributed by atoms with Crippen LogP contribution in [0.3, 0.4) is 0 Å². The van der Waals surface area contributed by atoms with Crippen molar-refractivity contribution >= 4 is 27.4 Å². The van der Waals surface area contributed by atoms with Gasteiger partial charge in [0, 0.05) is 11.6 Å². The molecular weight excluding hydrogens is 316 g/mol. The first-order valence-corrected chi connectivity index (χ1v) is 9.50. The molecule has 1 aromatic carbocycles. The van der Waals surface area contributed by atoms with E-state index in [1.165, 1.54) is 13.0 Å². The molecule has 1 saturated carbocycles. The van der Waals surface area contributed by atoms with E-state index in [4.69, 9.17) is 0 Å². The highest BCUT2D eigenvalue weighted by molar-refractivity contribution is 7.92. The molecule has 0 saturated heterocycles. The van der Waals surface area contributed by atoms with Crippen molar-refractivity contribution in [2.24, 2.45) is 0 Å². The summed E-state index contributed by atoms with van der Waals surface area (Å²) in [6.07, 6.45) is 5.09. The molecule has 2 rings (SSSR count). The molecule has 1 fully saturated rings. The van der Waals surface area contributed by atoms with Gasteiger partial charge < -0.3 is 5.32 Å². The SMILES string of the molecule is CC(=O)c1cccc(N(CC(=O)NC2CCCC2)S(C)(=O)=O)c1. The molecule has 0 heterocycles. The van der Waals surface area contributed by atoms with Gasteiger partial charge in [0.2, 0.25) is 15.9 Å². The van der Waals surface area contributed by atoms with Crippen molar-refractivity contribution in [2.45, 2.75) is 38.6 Å². The van der Waals surface area contributed by atoms with Gasteiger partial charge in [-0.3, -0.25) is 13.9 Å². The molecule has 1 aliphatic carbocycles. The highest BCUT2D eigenvalue weighted by Gasteiger charge is 2.24. The van der Waals surface area contributed by atoms with Gasteiger partial charge in [-0.15, -0.1) is 0 Å². The zero-order valence-electron chi connectivity index (χ0n) is 13.4. The van der Waals surface area contributed by atoms with Crippen molar-refractivity contribution in [3.05, 3.63) is 29.8 Å². The molecule has 0 atom stereocenters. The first kappa shape index (κ1) is 17.5. The van der Waals surface area contributed by atoms with Gasteiger partial charge >= 0.3 is 0 Å². The number of Topliss-reactive ketones (excluding diaryl/α,β-unsaturated/α-hetero) is 1. The molecule has 0 spiro atoms. The Morgan fingerprint density at radius 3 is 2.48 bits per heavy atom. The maximum absolute atomic E-state index is 12.2. The monoisotopic (exact) mass is 338 g/mol. The van der Waals surface area contributed by atoms with Crippen LogP contribution in [-0.4, -0.2) is 39.0 Å². The van der Waals surface area contributed by atoms with Crippen LogP contribution >= 0.6 is 0 Å². The van der Waals surface area contributed by atoms with Crippen LogP contribution in [0.25, 0.3) is 0 Å². The minimum Gasteiger partial charge on any atom is -0.352 e. The lowest BCUT2D eigenvalue weighted by molar-refractivity contribution is -0.120. The summed E-state index contributed by atoms with van der Waals surface area (Å²) in [7, 11) is -3.63. The zero-order chi connectivity index (χ0) is 17.0. The van der Waals surface area contributed by atoms with E-state index in [1.54, 1.807) is 18.2 Å². The molecule has 7 heteroatoms. The highest BCUT2D eigenvalue weighted by Crippen LogP contribution is 2.20. The van der Waals surface area contributed by atoms with Crippen LogP contribution in [0.5, 0.6) is 0 Å². The van der Waals surface area contributed by atoms with Crippen LogP contribution < -0.4 is 9.62 Å². The second-order valence-corrected chi connectivity index (χ2v) is 7.83. The molecule has 1 N–H and O–H groups in total. The van der Waals surface area contributed by atoms with Crippen molar-refractivity contribution in [1.82, 2.24) is 5.32 Å². The standard InChI is InChI=1S/C16H22N2O4S/c1-12(19)13-6-5-9-15(10-13)18(23(2,21)22)11-16(20)17-14-7-3-4-8-14/h5-6,9-10,14H,3-4,7-8,11H2,1-2H3,(H,17,20). The average molecular weight is 338 g/mol. The van der Waals surface area contributed by atoms with Gasteiger partial charge in [-0.25, -0.2) is 8.42 Å². The largest absolute Gasteiger partial charge is 0.352 e. The van der Waals surface area contributed by atoms with Crippen molar-refractivity contribution < 1.29 is 18.0 Å². The van der Waals surface area contributed by atoms with Crippen molar-refractivity contribution in [2.75, 3.05) is 17.1 Å². The predicted octanol–water partition coefficient (Wildman–Crippen LogP) is 1.71. The average Bonchev–Trinajstić information content (AvgIpc) is 2.96. The molecule has 0 aromatic heterocycles. The third-order valence-corrected chi connectivity index (χ3v) is 5.09. The van der Waals surface area contributed by atoms with Crippen LogP contribution in [0.2, 0.25) is 0 Å². The second kappa shape index (κ2) is 7.12. The van der Waals surface area contributed by atoms with E-state index in [1.807, 2.05) is 0 Å². The first-order valence-electron chi connectivity index (χ1n) is 7.65. The smallest absolute Gasteiger partial charge is 0.240 e. The number of anilines is 1. The zero-order valence-corrected chi connectivity index (χ0v) is 14.2. The fourth-order valence-corrected chi connectivity index (χ4v) is 3.60. The molecule has 0 unspecified atom stereocenters. The maximum atomic E-state index is 12.2. The highest BCUT2D eigenvalue weighted by atomic mass is 32.2. The molecule has 1 amide bonds. The number of carbonyl (C=O) groups is 2. The molecule has 1 aromatic rings. The van der Waals surface area contributed by atoms with E-state index in [2.05, 4.69) is 5.32 Å². The fourth-order valence-electron chi connectivity index (χ4n) is 2.75. The fraction of sp³-hybridized carbons (Fsp3) is 0.500. The van der Waals surface area contributed by atoms with Gasteiger partial charge in [0.25, 0.3) is 0 Å². The van der Waals surface area contributed by atoms with Gasteiger partial charge in [0.15, 0.2) is 5.78 Å². The van der Waals surface area contributed by atoms with E-state index in [-0.39, 0.29) is 24.3 Å². The second-order valence-electron chi connectivity index (χ2n) is 5.93. The van der Waals surface area contributed by atoms with E-state index < -0.39 is 10.0 Å². The number of hydrogen-bond acceptors (Lipinski definition) is 4. The van der Waals surface area contributed by atoms with Gasteiger partial charge in [0.05, 0.1) is 11.9 Å². The molecule has 1 aliphatic rings. The van der Waals surface area contributed by atoms with Crippen molar-refractivity contribution in [1.29, 1.82) is 0 Å². The number of nitrogens with zero attached hydrogens (tertiary/aromatic N) is 1. The van der Waals surface area contributed by atoms with E-state index in [0.717, 1.165) is 36.2 Å². The Kier molecular flexibility index (Phi) is 5.41. The number of nitrogens with one attached hydrogen (secondary N) is 1. The van der Waals surface area contributed by atoms with Crippen LogP contribution in [-0.2, 0) is 14.8 Å². The summed E-state index contributed by atoms with van der Waals surface area (Å²) in [6, 6.07) is 6.43. The number of sulfonamides is 1. The lowest BCUT2D eigenvalue weighted by atomic mass is 10.1. The summed E-state index contributed by atoms with van der Waals surface area (Å²) in [5.74, 6) is -0.480. The Labute approximate surface area is 136 Å². The summed E-state index contributed by atoms with van der Waals surface area (Å²) in [4.78, 5) is 23.6. The quantitative estimate of drug-likeness (QED) is 0.801. The minimum absolute atomic E-state index is 0.132. The summed E-state index contributed by atoms with van der Waals surface area (Å²) >= 11 is 0. The number of carbonyl (C=O) groups excluding carboxylic acids is 2. The topological polar surface area (TPSA) is 83.6 Å². The first-order chi connectivity index (χ1) is 10.8. The summed E-state index contributed by atoms with van der Waals surface area (Å²) in [5, 5.41) is 2.88. The van der Waals surface area contributed by atoms with Crippen LogP contribution in [0.4, 0.5) is 5.69 Å². The lowest BCUT2D eigenvalue weighted by Crippen LogP contribution is -2.43. The van der Waals surface area contributed by atoms with Crippen molar-refractivity contribution in [3.63, 3.8) is 0 Å². The number of rotatable bonds is 6. The number of amides is 1. The van der Waals surface area contributed by atoms with E-state index in [9.17, 15) is 18.0 Å². The molecule has 0 bridgehead atoms. The van der Waals surface area contributed by atoms with Gasteiger partial charge in [0.1, 0.15) is 6.54 Å². The molecule has 0 aliphatic heterocycles. The molecule has 126 valence electrons. The lowest BCUT2D eigenvalue weighted by Gasteiger charge is -2.23. The Morgan fingerprint density at radius 1 is 1.26 bits per heavy atom. The molecule has 6 nitrogen and oxygen atoms in total. The third kappa shape index (κ3) is 4.79. The van der Waals surface area contributed by atoms with Gasteiger partial charge in [-0.2, -0.15) is 0 Å². The van der Waals surface area contributed by atoms with Crippen molar-refractivity contribution in [3.8, 4) is 0 Å². The maximum Gasteiger partial charge on any atom is 0.240 e. The molecule has 23 heavy (non-hydrogen) atoms. The Bertz CT molecular complexity index is 694. The van der Waals surface area contributed by atoms with Crippen LogP contribution in [0, 0.1) is 0 Å². The number of hydrogen-bond donors (Lipinski definition) is 1. The predicted molar refractivity (Wildman–Crippen MR) is 89.0 cm³/mol. The number of ketones is 1. The number of benzene rings is 1. The Balaban J connectivity index is 2.18. The van der Waals surface area contributed by atoms with Gasteiger partial charge in [-0.1, -0.05) is 25.0 Å². The Morgan fingerprint density at radius 2 is 1.91 bits per heavy atom. The van der Waals surface area contributed by atoms with Crippen LogP contribution in [0.1, 0.15) is 43.0 Å². The van der Waals surface area contributed by atoms with E-state index >= 15 is 0 Å². The molecular formula is C16H22N2O4S.